The van der Waals surface area contributed by atoms with Crippen LogP contribution in [0.3, 0.4) is 0 Å². The average molecular weight is 240 g/mol. The van der Waals surface area contributed by atoms with E-state index in [1.54, 1.807) is 24.7 Å². The minimum atomic E-state index is -0.554. The zero-order valence-electron chi connectivity index (χ0n) is 9.18. The zero-order valence-corrected chi connectivity index (χ0v) is 9.18. The van der Waals surface area contributed by atoms with Crippen LogP contribution < -0.4 is 5.32 Å². The Balaban J connectivity index is 0.000000114. The van der Waals surface area contributed by atoms with E-state index in [0.29, 0.717) is 11.4 Å². The van der Waals surface area contributed by atoms with E-state index in [9.17, 15) is 9.59 Å². The molecule has 18 heavy (non-hydrogen) atoms. The molecular formula is C12H8N4O2. The molecule has 0 aliphatic carbocycles. The van der Waals surface area contributed by atoms with Crippen LogP contribution in [0.5, 0.6) is 0 Å². The summed E-state index contributed by atoms with van der Waals surface area (Å²) in [5.41, 5.74) is 2.93. The van der Waals surface area contributed by atoms with Crippen LogP contribution in [0.2, 0.25) is 0 Å². The van der Waals surface area contributed by atoms with E-state index < -0.39 is 11.7 Å². The van der Waals surface area contributed by atoms with E-state index in [1.807, 2.05) is 12.2 Å². The molecule has 3 aliphatic heterocycles. The van der Waals surface area contributed by atoms with Gasteiger partial charge in [-0.3, -0.25) is 19.6 Å². The van der Waals surface area contributed by atoms with Gasteiger partial charge in [-0.1, -0.05) is 0 Å². The second kappa shape index (κ2) is 3.92. The van der Waals surface area contributed by atoms with Crippen molar-refractivity contribution in [3.63, 3.8) is 0 Å². The van der Waals surface area contributed by atoms with Crippen LogP contribution >= 0.6 is 0 Å². The van der Waals surface area contributed by atoms with Gasteiger partial charge in [0.1, 0.15) is 5.69 Å². The van der Waals surface area contributed by atoms with E-state index in [1.165, 1.54) is 0 Å². The molecule has 4 rings (SSSR count). The quantitative estimate of drug-likeness (QED) is 0.664. The maximum absolute atomic E-state index is 10.8. The number of fused-ring (bicyclic) bond motifs is 2. The molecule has 88 valence electrons. The lowest BCUT2D eigenvalue weighted by Crippen LogP contribution is -2.13. The van der Waals surface area contributed by atoms with Crippen molar-refractivity contribution in [2.24, 2.45) is 9.98 Å². The standard InChI is InChI=1S/C6H4N2O2.C6H4N2/c9-5-4-3(1-2-7-4)8-6(5)10;1-3-7-6-2-4-8-5(1)6/h1-2,7H,(H,8,9,10);1-4H. The van der Waals surface area contributed by atoms with Gasteiger partial charge in [0, 0.05) is 18.6 Å². The Labute approximate surface area is 102 Å². The third-order valence-electron chi connectivity index (χ3n) is 2.58. The predicted molar refractivity (Wildman–Crippen MR) is 66.9 cm³/mol. The highest BCUT2D eigenvalue weighted by Crippen LogP contribution is 2.19. The number of aromatic nitrogens is 1. The smallest absolute Gasteiger partial charge is 0.298 e. The van der Waals surface area contributed by atoms with Gasteiger partial charge in [-0.15, -0.1) is 0 Å². The summed E-state index contributed by atoms with van der Waals surface area (Å²) >= 11 is 0. The zero-order chi connectivity index (χ0) is 12.5. The first-order valence-corrected chi connectivity index (χ1v) is 5.28. The van der Waals surface area contributed by atoms with Crippen molar-refractivity contribution in [3.05, 3.63) is 42.5 Å². The van der Waals surface area contributed by atoms with Crippen LogP contribution in [0.1, 0.15) is 10.5 Å². The van der Waals surface area contributed by atoms with Crippen LogP contribution in [-0.2, 0) is 4.79 Å². The number of carbonyl (C=O) groups is 2. The molecular weight excluding hydrogens is 232 g/mol. The van der Waals surface area contributed by atoms with E-state index in [-0.39, 0.29) is 0 Å². The van der Waals surface area contributed by atoms with Crippen LogP contribution in [0.15, 0.2) is 46.8 Å². The van der Waals surface area contributed by atoms with Crippen molar-refractivity contribution in [1.29, 1.82) is 0 Å². The molecule has 0 unspecified atom stereocenters. The molecule has 6 nitrogen and oxygen atoms in total. The van der Waals surface area contributed by atoms with Crippen molar-refractivity contribution in [2.75, 3.05) is 5.32 Å². The lowest BCUT2D eigenvalue weighted by Gasteiger charge is -1.83. The number of hydrogen-bond acceptors (Lipinski definition) is 4. The van der Waals surface area contributed by atoms with Crippen LogP contribution in [0, 0.1) is 0 Å². The van der Waals surface area contributed by atoms with Crippen molar-refractivity contribution in [1.82, 2.24) is 4.98 Å². The Bertz CT molecular complexity index is 635. The van der Waals surface area contributed by atoms with E-state index in [0.717, 1.165) is 11.4 Å². The molecule has 0 saturated heterocycles. The number of H-pyrrole nitrogens is 1. The lowest BCUT2D eigenvalue weighted by atomic mass is 10.3. The molecule has 3 aliphatic rings. The number of carbonyl (C=O) groups excluding carboxylic acids is 2. The molecule has 0 atom stereocenters. The van der Waals surface area contributed by atoms with Gasteiger partial charge >= 0.3 is 0 Å². The number of Topliss-reactive ketones (excluding diaryl/α,β-unsaturated/α-hetero) is 1. The van der Waals surface area contributed by atoms with Crippen LogP contribution in [0.25, 0.3) is 0 Å². The molecule has 1 amide bonds. The van der Waals surface area contributed by atoms with Gasteiger partial charge in [0.05, 0.1) is 17.1 Å². The van der Waals surface area contributed by atoms with Crippen molar-refractivity contribution in [3.8, 4) is 0 Å². The Hall–Kier alpha value is -2.76. The minimum Gasteiger partial charge on any atom is -0.357 e. The number of hydrogen-bond donors (Lipinski definition) is 2. The molecule has 1 aromatic heterocycles. The average Bonchev–Trinajstić information content (AvgIpc) is 3.05. The van der Waals surface area contributed by atoms with Gasteiger partial charge in [0.25, 0.3) is 11.7 Å². The molecule has 0 aromatic carbocycles. The largest absolute Gasteiger partial charge is 0.357 e. The summed E-state index contributed by atoms with van der Waals surface area (Å²) in [7, 11) is 0. The monoisotopic (exact) mass is 240 g/mol. The fourth-order valence-electron chi connectivity index (χ4n) is 1.72. The third-order valence-corrected chi connectivity index (χ3v) is 2.58. The van der Waals surface area contributed by atoms with Crippen molar-refractivity contribution in [2.45, 2.75) is 0 Å². The highest BCUT2D eigenvalue weighted by atomic mass is 16.2. The summed E-state index contributed by atoms with van der Waals surface area (Å²) < 4.78 is 0. The van der Waals surface area contributed by atoms with Gasteiger partial charge in [-0.2, -0.15) is 0 Å². The van der Waals surface area contributed by atoms with Crippen LogP contribution in [0.4, 0.5) is 5.69 Å². The number of amides is 1. The summed E-state index contributed by atoms with van der Waals surface area (Å²) in [4.78, 5) is 32.1. The highest BCUT2D eigenvalue weighted by Gasteiger charge is 2.28. The lowest BCUT2D eigenvalue weighted by molar-refractivity contribution is -0.112. The van der Waals surface area contributed by atoms with E-state index in [2.05, 4.69) is 20.3 Å². The summed E-state index contributed by atoms with van der Waals surface area (Å²) in [5.74, 6) is -1.04. The Morgan fingerprint density at radius 2 is 1.67 bits per heavy atom. The number of nitrogens with one attached hydrogen (secondary N) is 2. The van der Waals surface area contributed by atoms with Crippen molar-refractivity contribution < 1.29 is 9.59 Å². The van der Waals surface area contributed by atoms with Gasteiger partial charge in [0.2, 0.25) is 0 Å². The molecule has 0 radical (unpaired) electrons. The molecule has 4 heterocycles. The minimum absolute atomic E-state index is 0.366. The third kappa shape index (κ3) is 1.60. The number of aromatic amines is 1. The molecule has 0 fully saturated rings. The molecule has 1 aromatic rings. The number of aliphatic imine (C=N–C) groups is 2. The number of rotatable bonds is 0. The molecule has 0 bridgehead atoms. The summed E-state index contributed by atoms with van der Waals surface area (Å²) in [6.07, 6.45) is 8.93. The summed E-state index contributed by atoms with van der Waals surface area (Å²) in [6.45, 7) is 0. The molecule has 6 heteroatoms. The normalized spacial score (nSPS) is 17.8. The van der Waals surface area contributed by atoms with E-state index in [4.69, 9.17) is 0 Å². The highest BCUT2D eigenvalue weighted by molar-refractivity contribution is 6.53. The van der Waals surface area contributed by atoms with E-state index >= 15 is 0 Å². The fraction of sp³-hybridized carbons (Fsp3) is 0. The number of anilines is 1. The summed E-state index contributed by atoms with van der Waals surface area (Å²) in [5, 5.41) is 2.41. The predicted octanol–water partition coefficient (Wildman–Crippen LogP) is 1.07. The second-order valence-electron chi connectivity index (χ2n) is 3.71. The van der Waals surface area contributed by atoms with Gasteiger partial charge in [0.15, 0.2) is 0 Å². The maximum Gasteiger partial charge on any atom is 0.298 e. The second-order valence-corrected chi connectivity index (χ2v) is 3.71. The summed E-state index contributed by atoms with van der Waals surface area (Å²) in [6, 6.07) is 1.65. The van der Waals surface area contributed by atoms with Gasteiger partial charge < -0.3 is 10.3 Å². The van der Waals surface area contributed by atoms with Gasteiger partial charge in [-0.05, 0) is 18.2 Å². The molecule has 2 N–H and O–H groups in total. The number of ketones is 1. The molecule has 0 spiro atoms. The first kappa shape index (κ1) is 10.4. The van der Waals surface area contributed by atoms with Crippen molar-refractivity contribution >= 4 is 28.8 Å². The Morgan fingerprint density at radius 3 is 2.28 bits per heavy atom. The fourth-order valence-corrected chi connectivity index (χ4v) is 1.72. The first-order valence-electron chi connectivity index (χ1n) is 5.28. The topological polar surface area (TPSA) is 86.7 Å². The van der Waals surface area contributed by atoms with Gasteiger partial charge in [-0.25, -0.2) is 0 Å². The number of allylic oxidation sites excluding steroid dienone is 2. The molecule has 0 saturated carbocycles. The Morgan fingerprint density at radius 1 is 1.00 bits per heavy atom. The SMILES string of the molecule is C1=CC2=NC=CC2=N1.O=C1Nc2cc[nH]c2C1=O. The maximum atomic E-state index is 10.8. The van der Waals surface area contributed by atoms with Crippen LogP contribution in [-0.4, -0.2) is 28.1 Å². The first-order chi connectivity index (χ1) is 8.75. The Kier molecular flexibility index (Phi) is 2.26. The number of nitrogens with zero attached hydrogens (tertiary/aromatic N) is 2.